The fraction of sp³-hybridized carbons (Fsp3) is 0.111. The Labute approximate surface area is 101 Å². The molecule has 1 aromatic carbocycles. The summed E-state index contributed by atoms with van der Waals surface area (Å²) in [4.78, 5) is 4.08. The molecule has 0 aliphatic carbocycles. The van der Waals surface area contributed by atoms with Gasteiger partial charge in [0, 0.05) is 10.8 Å². The van der Waals surface area contributed by atoms with Crippen molar-refractivity contribution in [3.63, 3.8) is 0 Å². The standard InChI is InChI=1S/C9H8ClN3S2/c10-7-4-2-1-3-6(7)5-15-9-11-8(14)12-13-9/h1-4H,5H2,(H2,11,12,13,14). The zero-order valence-corrected chi connectivity index (χ0v) is 10.0. The summed E-state index contributed by atoms with van der Waals surface area (Å²) in [5, 5.41) is 7.17. The molecule has 0 amide bonds. The predicted octanol–water partition coefficient (Wildman–Crippen LogP) is 3.41. The number of hydrogen-bond acceptors (Lipinski definition) is 3. The third kappa shape index (κ3) is 2.84. The molecule has 0 aliphatic rings. The Bertz CT molecular complexity index is 506. The van der Waals surface area contributed by atoms with Crippen molar-refractivity contribution in [3.8, 4) is 0 Å². The van der Waals surface area contributed by atoms with Gasteiger partial charge in [0.05, 0.1) is 0 Å². The van der Waals surface area contributed by atoms with Crippen LogP contribution in [0.15, 0.2) is 29.4 Å². The van der Waals surface area contributed by atoms with Crippen LogP contribution in [0.3, 0.4) is 0 Å². The zero-order chi connectivity index (χ0) is 10.7. The third-order valence-electron chi connectivity index (χ3n) is 1.80. The normalized spacial score (nSPS) is 10.5. The van der Waals surface area contributed by atoms with Crippen molar-refractivity contribution in [2.75, 3.05) is 0 Å². The van der Waals surface area contributed by atoms with E-state index in [2.05, 4.69) is 15.2 Å². The van der Waals surface area contributed by atoms with Crippen molar-refractivity contribution >= 4 is 35.6 Å². The predicted molar refractivity (Wildman–Crippen MR) is 64.8 cm³/mol. The molecular weight excluding hydrogens is 250 g/mol. The molecule has 2 rings (SSSR count). The molecule has 1 heterocycles. The van der Waals surface area contributed by atoms with E-state index in [0.717, 1.165) is 21.5 Å². The molecule has 0 unspecified atom stereocenters. The minimum Gasteiger partial charge on any atom is -0.277 e. The number of nitrogens with zero attached hydrogens (tertiary/aromatic N) is 1. The van der Waals surface area contributed by atoms with Gasteiger partial charge in [-0.2, -0.15) is 4.98 Å². The maximum Gasteiger partial charge on any atom is 0.214 e. The highest BCUT2D eigenvalue weighted by Gasteiger charge is 2.02. The van der Waals surface area contributed by atoms with Crippen LogP contribution in [0.1, 0.15) is 5.56 Å². The number of aromatic amines is 2. The van der Waals surface area contributed by atoms with E-state index in [-0.39, 0.29) is 0 Å². The van der Waals surface area contributed by atoms with Crippen LogP contribution in [0.5, 0.6) is 0 Å². The molecule has 15 heavy (non-hydrogen) atoms. The highest BCUT2D eigenvalue weighted by molar-refractivity contribution is 7.98. The molecule has 0 atom stereocenters. The van der Waals surface area contributed by atoms with Gasteiger partial charge in [0.2, 0.25) is 4.77 Å². The summed E-state index contributed by atoms with van der Waals surface area (Å²) in [5.74, 6) is 0.774. The highest BCUT2D eigenvalue weighted by atomic mass is 35.5. The lowest BCUT2D eigenvalue weighted by Crippen LogP contribution is -1.83. The van der Waals surface area contributed by atoms with Crippen LogP contribution in [0, 0.1) is 4.77 Å². The number of H-pyrrole nitrogens is 2. The van der Waals surface area contributed by atoms with Crippen molar-refractivity contribution in [3.05, 3.63) is 39.6 Å². The number of halogens is 1. The van der Waals surface area contributed by atoms with E-state index < -0.39 is 0 Å². The lowest BCUT2D eigenvalue weighted by Gasteiger charge is -2.00. The summed E-state index contributed by atoms with van der Waals surface area (Å²) >= 11 is 12.4. The van der Waals surface area contributed by atoms with E-state index in [4.69, 9.17) is 23.8 Å². The lowest BCUT2D eigenvalue weighted by atomic mass is 10.2. The van der Waals surface area contributed by atoms with Crippen LogP contribution in [0.25, 0.3) is 0 Å². The van der Waals surface area contributed by atoms with E-state index in [0.29, 0.717) is 4.77 Å². The van der Waals surface area contributed by atoms with Crippen molar-refractivity contribution in [1.29, 1.82) is 0 Å². The Kier molecular flexibility index (Phi) is 3.45. The van der Waals surface area contributed by atoms with Crippen LogP contribution < -0.4 is 0 Å². The Morgan fingerprint density at radius 2 is 2.13 bits per heavy atom. The number of rotatable bonds is 3. The minimum absolute atomic E-state index is 0.469. The van der Waals surface area contributed by atoms with Crippen LogP contribution in [0.2, 0.25) is 5.02 Å². The van der Waals surface area contributed by atoms with Crippen molar-refractivity contribution < 1.29 is 0 Å². The van der Waals surface area contributed by atoms with Crippen LogP contribution in [-0.4, -0.2) is 15.2 Å². The zero-order valence-electron chi connectivity index (χ0n) is 7.66. The number of aromatic nitrogens is 3. The Balaban J connectivity index is 2.05. The number of thioether (sulfide) groups is 1. The monoisotopic (exact) mass is 257 g/mol. The maximum atomic E-state index is 6.02. The van der Waals surface area contributed by atoms with Gasteiger partial charge in [0.1, 0.15) is 0 Å². The fourth-order valence-electron chi connectivity index (χ4n) is 1.08. The first kappa shape index (κ1) is 10.7. The lowest BCUT2D eigenvalue weighted by molar-refractivity contribution is 0.972. The largest absolute Gasteiger partial charge is 0.277 e. The van der Waals surface area contributed by atoms with Gasteiger partial charge in [-0.25, -0.2) is 0 Å². The second-order valence-electron chi connectivity index (χ2n) is 2.85. The summed E-state index contributed by atoms with van der Waals surface area (Å²) in [6.45, 7) is 0. The smallest absolute Gasteiger partial charge is 0.214 e. The van der Waals surface area contributed by atoms with E-state index >= 15 is 0 Å². The summed E-state index contributed by atoms with van der Waals surface area (Å²) < 4.78 is 0.469. The highest BCUT2D eigenvalue weighted by Crippen LogP contribution is 2.23. The Morgan fingerprint density at radius 3 is 2.80 bits per heavy atom. The molecule has 3 nitrogen and oxygen atoms in total. The summed E-state index contributed by atoms with van der Waals surface area (Å²) in [7, 11) is 0. The second kappa shape index (κ2) is 4.83. The van der Waals surface area contributed by atoms with Crippen molar-refractivity contribution in [2.45, 2.75) is 10.9 Å². The second-order valence-corrected chi connectivity index (χ2v) is 4.61. The van der Waals surface area contributed by atoms with Gasteiger partial charge < -0.3 is 0 Å². The Morgan fingerprint density at radius 1 is 1.33 bits per heavy atom. The minimum atomic E-state index is 0.469. The average molecular weight is 258 g/mol. The molecular formula is C9H8ClN3S2. The van der Waals surface area contributed by atoms with Gasteiger partial charge in [0.25, 0.3) is 0 Å². The van der Waals surface area contributed by atoms with Gasteiger partial charge >= 0.3 is 0 Å². The number of nitrogens with one attached hydrogen (secondary N) is 2. The summed E-state index contributed by atoms with van der Waals surface area (Å²) in [6.07, 6.45) is 0. The summed E-state index contributed by atoms with van der Waals surface area (Å²) in [6, 6.07) is 7.76. The third-order valence-corrected chi connectivity index (χ3v) is 3.29. The number of hydrogen-bond donors (Lipinski definition) is 2. The molecule has 0 fully saturated rings. The van der Waals surface area contributed by atoms with Crippen molar-refractivity contribution in [2.24, 2.45) is 0 Å². The first-order valence-corrected chi connectivity index (χ1v) is 6.04. The van der Waals surface area contributed by atoms with Crippen LogP contribution >= 0.6 is 35.6 Å². The molecule has 0 spiro atoms. The van der Waals surface area contributed by atoms with Crippen LogP contribution in [0.4, 0.5) is 0 Å². The van der Waals surface area contributed by atoms with E-state index in [1.807, 2.05) is 24.3 Å². The molecule has 0 aliphatic heterocycles. The van der Waals surface area contributed by atoms with Gasteiger partial charge in [-0.05, 0) is 23.8 Å². The molecule has 0 radical (unpaired) electrons. The molecule has 1 aromatic heterocycles. The van der Waals surface area contributed by atoms with E-state index in [1.165, 1.54) is 0 Å². The SMILES string of the molecule is S=c1nc(SCc2ccccc2Cl)[nH][nH]1. The van der Waals surface area contributed by atoms with Gasteiger partial charge in [0.15, 0.2) is 5.16 Å². The quantitative estimate of drug-likeness (QED) is 0.654. The fourth-order valence-corrected chi connectivity index (χ4v) is 2.39. The summed E-state index contributed by atoms with van der Waals surface area (Å²) in [5.41, 5.74) is 1.09. The average Bonchev–Trinajstić information content (AvgIpc) is 2.63. The maximum absolute atomic E-state index is 6.02. The van der Waals surface area contributed by atoms with Gasteiger partial charge in [-0.1, -0.05) is 41.6 Å². The van der Waals surface area contributed by atoms with Gasteiger partial charge in [-0.3, -0.25) is 10.2 Å². The Hall–Kier alpha value is -0.780. The van der Waals surface area contributed by atoms with E-state index in [9.17, 15) is 0 Å². The molecule has 2 N–H and O–H groups in total. The van der Waals surface area contributed by atoms with Gasteiger partial charge in [-0.15, -0.1) is 0 Å². The number of benzene rings is 1. The molecule has 0 saturated heterocycles. The van der Waals surface area contributed by atoms with E-state index in [1.54, 1.807) is 11.8 Å². The molecule has 78 valence electrons. The topological polar surface area (TPSA) is 44.5 Å². The molecule has 6 heteroatoms. The first-order chi connectivity index (χ1) is 7.25. The molecule has 2 aromatic rings. The van der Waals surface area contributed by atoms with Crippen molar-refractivity contribution in [1.82, 2.24) is 15.2 Å². The van der Waals surface area contributed by atoms with Crippen LogP contribution in [-0.2, 0) is 5.75 Å². The first-order valence-electron chi connectivity index (χ1n) is 4.26. The molecule has 0 saturated carbocycles. The molecule has 0 bridgehead atoms.